The molecule has 9 heteroatoms. The highest BCUT2D eigenvalue weighted by atomic mass is 19.2. The molecule has 1 N–H and O–H groups in total. The predicted octanol–water partition coefficient (Wildman–Crippen LogP) is 7.65. The molecule has 0 atom stereocenters. The summed E-state index contributed by atoms with van der Waals surface area (Å²) in [4.78, 5) is 0. The highest BCUT2D eigenvalue weighted by Gasteiger charge is 2.30. The Hall–Kier alpha value is -3.36. The molecule has 1 saturated carbocycles. The Bertz CT molecular complexity index is 1250. The SMILES string of the molecule is CCOc1ccc(C2CCC(c3ccc(OCc4ccc(O)c(F)c4F)c(F)c3F)CC2)c(F)c1F. The maximum absolute atomic E-state index is 14.9. The number of aromatic hydroxyl groups is 1. The monoisotopic (exact) mass is 510 g/mol. The second-order valence-electron chi connectivity index (χ2n) is 8.70. The Kier molecular flexibility index (Phi) is 7.66. The van der Waals surface area contributed by atoms with Crippen molar-refractivity contribution in [3.05, 3.63) is 88.0 Å². The van der Waals surface area contributed by atoms with Gasteiger partial charge in [0.1, 0.15) is 6.61 Å². The average molecular weight is 510 g/mol. The highest BCUT2D eigenvalue weighted by molar-refractivity contribution is 5.36. The van der Waals surface area contributed by atoms with Crippen LogP contribution in [-0.4, -0.2) is 11.7 Å². The fourth-order valence-electron chi connectivity index (χ4n) is 4.66. The number of hydrogen-bond acceptors (Lipinski definition) is 3. The van der Waals surface area contributed by atoms with Crippen molar-refractivity contribution in [2.24, 2.45) is 0 Å². The van der Waals surface area contributed by atoms with Crippen LogP contribution in [0.2, 0.25) is 0 Å². The van der Waals surface area contributed by atoms with Crippen LogP contribution in [0, 0.1) is 34.9 Å². The molecule has 1 aliphatic carbocycles. The number of phenolic OH excluding ortho intramolecular Hbond substituents is 1. The summed E-state index contributed by atoms with van der Waals surface area (Å²) in [6.45, 7) is 1.30. The van der Waals surface area contributed by atoms with Crippen LogP contribution in [0.1, 0.15) is 61.1 Å². The summed E-state index contributed by atoms with van der Waals surface area (Å²) in [6, 6.07) is 7.51. The largest absolute Gasteiger partial charge is 0.505 e. The average Bonchev–Trinajstić information content (AvgIpc) is 2.88. The van der Waals surface area contributed by atoms with E-state index in [4.69, 9.17) is 9.47 Å². The number of benzene rings is 3. The Labute approximate surface area is 204 Å². The topological polar surface area (TPSA) is 38.7 Å². The summed E-state index contributed by atoms with van der Waals surface area (Å²) in [7, 11) is 0. The molecule has 0 aromatic heterocycles. The Morgan fingerprint density at radius 3 is 1.64 bits per heavy atom. The second-order valence-corrected chi connectivity index (χ2v) is 8.70. The van der Waals surface area contributed by atoms with Gasteiger partial charge in [-0.3, -0.25) is 0 Å². The molecule has 0 spiro atoms. The molecular formula is C27H24F6O3. The third-order valence-electron chi connectivity index (χ3n) is 6.59. The van der Waals surface area contributed by atoms with Crippen molar-refractivity contribution in [1.29, 1.82) is 0 Å². The molecular weight excluding hydrogens is 486 g/mol. The van der Waals surface area contributed by atoms with Gasteiger partial charge in [-0.1, -0.05) is 12.1 Å². The zero-order chi connectivity index (χ0) is 26.0. The van der Waals surface area contributed by atoms with Crippen LogP contribution in [0.3, 0.4) is 0 Å². The normalized spacial score (nSPS) is 17.8. The van der Waals surface area contributed by atoms with Gasteiger partial charge in [0.15, 0.2) is 34.7 Å². The molecule has 0 radical (unpaired) electrons. The highest BCUT2D eigenvalue weighted by Crippen LogP contribution is 2.43. The zero-order valence-corrected chi connectivity index (χ0v) is 19.4. The molecule has 1 fully saturated rings. The van der Waals surface area contributed by atoms with Gasteiger partial charge < -0.3 is 14.6 Å². The lowest BCUT2D eigenvalue weighted by Gasteiger charge is -2.30. The zero-order valence-electron chi connectivity index (χ0n) is 19.4. The second kappa shape index (κ2) is 10.7. The summed E-state index contributed by atoms with van der Waals surface area (Å²) in [6.07, 6.45) is 1.79. The van der Waals surface area contributed by atoms with Crippen LogP contribution < -0.4 is 9.47 Å². The van der Waals surface area contributed by atoms with Gasteiger partial charge in [-0.2, -0.15) is 13.2 Å². The molecule has 0 aliphatic heterocycles. The fraction of sp³-hybridized carbons (Fsp3) is 0.333. The molecule has 4 rings (SSSR count). The van der Waals surface area contributed by atoms with Crippen molar-refractivity contribution in [2.45, 2.75) is 51.0 Å². The first kappa shape index (κ1) is 25.7. The first-order valence-corrected chi connectivity index (χ1v) is 11.6. The maximum atomic E-state index is 14.9. The van der Waals surface area contributed by atoms with E-state index in [0.29, 0.717) is 25.7 Å². The lowest BCUT2D eigenvalue weighted by molar-refractivity contribution is 0.274. The van der Waals surface area contributed by atoms with Crippen molar-refractivity contribution < 1.29 is 40.9 Å². The Balaban J connectivity index is 1.43. The van der Waals surface area contributed by atoms with Gasteiger partial charge in [-0.15, -0.1) is 0 Å². The fourth-order valence-corrected chi connectivity index (χ4v) is 4.66. The minimum atomic E-state index is -1.46. The predicted molar refractivity (Wildman–Crippen MR) is 120 cm³/mol. The van der Waals surface area contributed by atoms with Gasteiger partial charge in [-0.05, 0) is 79.8 Å². The Morgan fingerprint density at radius 2 is 1.14 bits per heavy atom. The summed E-state index contributed by atoms with van der Waals surface area (Å²) in [5.41, 5.74) is 0.103. The van der Waals surface area contributed by atoms with Gasteiger partial charge in [-0.25, -0.2) is 13.2 Å². The standard InChI is InChI=1S/C27H24F6O3/c1-2-35-20-11-8-17(23(29)26(20)32)14-3-5-15(6-4-14)18-9-12-21(27(33)24(18)30)36-13-16-7-10-19(34)25(31)22(16)28/h7-12,14-15,34H,2-6,13H2,1H3. The van der Waals surface area contributed by atoms with Crippen LogP contribution in [0.25, 0.3) is 0 Å². The van der Waals surface area contributed by atoms with Crippen LogP contribution in [0.5, 0.6) is 17.2 Å². The number of hydrogen-bond donors (Lipinski definition) is 1. The molecule has 3 aromatic rings. The van der Waals surface area contributed by atoms with E-state index in [1.807, 2.05) is 0 Å². The summed E-state index contributed by atoms with van der Waals surface area (Å²) in [5.74, 6) is -9.22. The van der Waals surface area contributed by atoms with E-state index in [9.17, 15) is 31.4 Å². The number of rotatable bonds is 7. The summed E-state index contributed by atoms with van der Waals surface area (Å²) in [5, 5.41) is 9.18. The van der Waals surface area contributed by atoms with Gasteiger partial charge in [0, 0.05) is 5.56 Å². The summed E-state index contributed by atoms with van der Waals surface area (Å²) < 4.78 is 96.0. The minimum Gasteiger partial charge on any atom is -0.505 e. The molecule has 3 aromatic carbocycles. The molecule has 192 valence electrons. The molecule has 1 aliphatic rings. The molecule has 0 bridgehead atoms. The van der Waals surface area contributed by atoms with Crippen LogP contribution in [0.4, 0.5) is 26.3 Å². The van der Waals surface area contributed by atoms with Crippen molar-refractivity contribution in [1.82, 2.24) is 0 Å². The number of phenols is 1. The molecule has 0 saturated heterocycles. The molecule has 3 nitrogen and oxygen atoms in total. The van der Waals surface area contributed by atoms with Gasteiger partial charge >= 0.3 is 0 Å². The van der Waals surface area contributed by atoms with Crippen molar-refractivity contribution >= 4 is 0 Å². The van der Waals surface area contributed by atoms with E-state index in [-0.39, 0.29) is 40.9 Å². The number of halogens is 6. The quantitative estimate of drug-likeness (QED) is 0.332. The minimum absolute atomic E-state index is 0.138. The van der Waals surface area contributed by atoms with E-state index < -0.39 is 53.0 Å². The lowest BCUT2D eigenvalue weighted by atomic mass is 9.76. The van der Waals surface area contributed by atoms with E-state index in [1.165, 1.54) is 24.3 Å². The number of ether oxygens (including phenoxy) is 2. The first-order chi connectivity index (χ1) is 17.2. The lowest BCUT2D eigenvalue weighted by Crippen LogP contribution is -2.15. The third-order valence-corrected chi connectivity index (χ3v) is 6.59. The molecule has 0 unspecified atom stereocenters. The molecule has 0 amide bonds. The van der Waals surface area contributed by atoms with Crippen LogP contribution in [0.15, 0.2) is 36.4 Å². The van der Waals surface area contributed by atoms with Crippen LogP contribution >= 0.6 is 0 Å². The van der Waals surface area contributed by atoms with Crippen molar-refractivity contribution in [3.8, 4) is 17.2 Å². The van der Waals surface area contributed by atoms with Crippen LogP contribution in [-0.2, 0) is 6.61 Å². The van der Waals surface area contributed by atoms with Gasteiger partial charge in [0.05, 0.1) is 6.61 Å². The van der Waals surface area contributed by atoms with Gasteiger partial charge in [0.25, 0.3) is 0 Å². The third kappa shape index (κ3) is 4.96. The van der Waals surface area contributed by atoms with Gasteiger partial charge in [0.2, 0.25) is 17.5 Å². The van der Waals surface area contributed by atoms with Crippen molar-refractivity contribution in [3.63, 3.8) is 0 Å². The van der Waals surface area contributed by atoms with Crippen molar-refractivity contribution in [2.75, 3.05) is 6.61 Å². The van der Waals surface area contributed by atoms with E-state index >= 15 is 0 Å². The smallest absolute Gasteiger partial charge is 0.200 e. The van der Waals surface area contributed by atoms with E-state index in [0.717, 1.165) is 12.1 Å². The first-order valence-electron chi connectivity index (χ1n) is 11.6. The maximum Gasteiger partial charge on any atom is 0.200 e. The Morgan fingerprint density at radius 1 is 0.639 bits per heavy atom. The summed E-state index contributed by atoms with van der Waals surface area (Å²) >= 11 is 0. The molecule has 36 heavy (non-hydrogen) atoms. The van der Waals surface area contributed by atoms with E-state index in [1.54, 1.807) is 6.92 Å². The molecule has 0 heterocycles. The van der Waals surface area contributed by atoms with E-state index in [2.05, 4.69) is 0 Å².